The molecule has 1 heterocycles. The Hall–Kier alpha value is -0.320. The number of rotatable bonds is 2. The first-order chi connectivity index (χ1) is 5.77. The van der Waals surface area contributed by atoms with Crippen molar-refractivity contribution in [3.63, 3.8) is 0 Å². The Bertz CT molecular complexity index is 165. The summed E-state index contributed by atoms with van der Waals surface area (Å²) < 4.78 is 9.79. The molecule has 1 fully saturated rings. The van der Waals surface area contributed by atoms with Gasteiger partial charge in [0.05, 0.1) is 13.2 Å². The van der Waals surface area contributed by atoms with Gasteiger partial charge in [-0.1, -0.05) is 0 Å². The van der Waals surface area contributed by atoms with E-state index in [-0.39, 0.29) is 30.5 Å². The van der Waals surface area contributed by atoms with Crippen molar-refractivity contribution in [2.75, 3.05) is 20.8 Å². The van der Waals surface area contributed by atoms with Crippen LogP contribution >= 0.6 is 12.4 Å². The van der Waals surface area contributed by atoms with Gasteiger partial charge in [0.1, 0.15) is 6.04 Å². The quantitative estimate of drug-likeness (QED) is 0.667. The Morgan fingerprint density at radius 1 is 1.46 bits per heavy atom. The van der Waals surface area contributed by atoms with Crippen LogP contribution in [0.2, 0.25) is 0 Å². The summed E-state index contributed by atoms with van der Waals surface area (Å²) in [6.07, 6.45) is 1.86. The van der Waals surface area contributed by atoms with E-state index in [0.29, 0.717) is 6.42 Å². The Morgan fingerprint density at radius 3 is 2.69 bits per heavy atom. The highest BCUT2D eigenvalue weighted by Gasteiger charge is 2.26. The van der Waals surface area contributed by atoms with Crippen molar-refractivity contribution in [2.24, 2.45) is 0 Å². The molecule has 0 aromatic heterocycles. The standard InChI is InChI=1S/C8H15NO3.ClH/c1-11-6-3-4-9-7(5-6)8(10)12-2;/h6-7,9H,3-5H2,1-2H3;1H/t6-,7+;/m1./s1. The van der Waals surface area contributed by atoms with E-state index in [2.05, 4.69) is 10.1 Å². The second-order valence-corrected chi connectivity index (χ2v) is 2.91. The second kappa shape index (κ2) is 6.18. The van der Waals surface area contributed by atoms with Crippen LogP contribution in [0.4, 0.5) is 0 Å². The summed E-state index contributed by atoms with van der Waals surface area (Å²) in [6.45, 7) is 0.818. The molecule has 0 amide bonds. The van der Waals surface area contributed by atoms with Gasteiger partial charge < -0.3 is 14.8 Å². The van der Waals surface area contributed by atoms with Gasteiger partial charge >= 0.3 is 5.97 Å². The Balaban J connectivity index is 0.00000144. The summed E-state index contributed by atoms with van der Waals surface area (Å²) in [5.41, 5.74) is 0. The zero-order valence-corrected chi connectivity index (χ0v) is 8.73. The van der Waals surface area contributed by atoms with Crippen molar-refractivity contribution in [1.29, 1.82) is 0 Å². The molecule has 1 aliphatic rings. The maximum atomic E-state index is 11.1. The molecule has 1 saturated heterocycles. The van der Waals surface area contributed by atoms with Crippen LogP contribution in [0.1, 0.15) is 12.8 Å². The first-order valence-corrected chi connectivity index (χ1v) is 4.12. The maximum absolute atomic E-state index is 11.1. The van der Waals surface area contributed by atoms with Crippen LogP contribution in [0, 0.1) is 0 Å². The number of carbonyl (C=O) groups is 1. The van der Waals surface area contributed by atoms with Crippen LogP contribution in [0.3, 0.4) is 0 Å². The molecule has 2 atom stereocenters. The van der Waals surface area contributed by atoms with Crippen molar-refractivity contribution in [3.05, 3.63) is 0 Å². The SMILES string of the molecule is COC(=O)[C@@H]1C[C@H](OC)CCN1.Cl. The fourth-order valence-corrected chi connectivity index (χ4v) is 1.42. The third kappa shape index (κ3) is 3.50. The van der Waals surface area contributed by atoms with Gasteiger partial charge in [-0.05, 0) is 19.4 Å². The number of esters is 1. The lowest BCUT2D eigenvalue weighted by Gasteiger charge is -2.27. The predicted molar refractivity (Wildman–Crippen MR) is 51.1 cm³/mol. The van der Waals surface area contributed by atoms with E-state index >= 15 is 0 Å². The molecular formula is C8H16ClNO3. The van der Waals surface area contributed by atoms with Crippen molar-refractivity contribution in [2.45, 2.75) is 25.0 Å². The van der Waals surface area contributed by atoms with Crippen LogP contribution in [0.25, 0.3) is 0 Å². The third-order valence-corrected chi connectivity index (χ3v) is 2.17. The summed E-state index contributed by atoms with van der Waals surface area (Å²) in [4.78, 5) is 11.1. The Kier molecular flexibility index (Phi) is 6.03. The highest BCUT2D eigenvalue weighted by molar-refractivity contribution is 5.85. The van der Waals surface area contributed by atoms with E-state index in [1.807, 2.05) is 0 Å². The van der Waals surface area contributed by atoms with Crippen LogP contribution in [-0.2, 0) is 14.3 Å². The number of piperidine rings is 1. The van der Waals surface area contributed by atoms with Crippen LogP contribution in [0.15, 0.2) is 0 Å². The highest BCUT2D eigenvalue weighted by Crippen LogP contribution is 2.12. The summed E-state index contributed by atoms with van der Waals surface area (Å²) in [7, 11) is 3.07. The van der Waals surface area contributed by atoms with Gasteiger partial charge in [0.2, 0.25) is 0 Å². The minimum atomic E-state index is -0.197. The number of halogens is 1. The summed E-state index contributed by atoms with van der Waals surface area (Å²) >= 11 is 0. The number of ether oxygens (including phenoxy) is 2. The maximum Gasteiger partial charge on any atom is 0.322 e. The summed E-state index contributed by atoms with van der Waals surface area (Å²) in [5, 5.41) is 3.08. The van der Waals surface area contributed by atoms with Gasteiger partial charge in [0.15, 0.2) is 0 Å². The fraction of sp³-hybridized carbons (Fsp3) is 0.875. The fourth-order valence-electron chi connectivity index (χ4n) is 1.42. The van der Waals surface area contributed by atoms with E-state index in [4.69, 9.17) is 4.74 Å². The second-order valence-electron chi connectivity index (χ2n) is 2.91. The number of nitrogens with one attached hydrogen (secondary N) is 1. The Morgan fingerprint density at radius 2 is 2.15 bits per heavy atom. The zero-order chi connectivity index (χ0) is 8.97. The molecule has 0 spiro atoms. The number of hydrogen-bond donors (Lipinski definition) is 1. The summed E-state index contributed by atoms with van der Waals surface area (Å²) in [6, 6.07) is -0.186. The molecule has 0 aliphatic carbocycles. The monoisotopic (exact) mass is 209 g/mol. The summed E-state index contributed by atoms with van der Waals surface area (Å²) in [5.74, 6) is -0.197. The molecule has 0 unspecified atom stereocenters. The van der Waals surface area contributed by atoms with Crippen molar-refractivity contribution >= 4 is 18.4 Å². The van der Waals surface area contributed by atoms with Crippen LogP contribution in [-0.4, -0.2) is 38.9 Å². The van der Waals surface area contributed by atoms with E-state index in [1.54, 1.807) is 7.11 Å². The molecule has 78 valence electrons. The molecule has 1 rings (SSSR count). The molecule has 1 aliphatic heterocycles. The lowest BCUT2D eigenvalue weighted by atomic mass is 10.0. The first-order valence-electron chi connectivity index (χ1n) is 4.12. The van der Waals surface area contributed by atoms with Gasteiger partial charge in [-0.15, -0.1) is 12.4 Å². The molecule has 0 aromatic rings. The van der Waals surface area contributed by atoms with Crippen LogP contribution < -0.4 is 5.32 Å². The normalized spacial score (nSPS) is 27.5. The molecule has 4 nitrogen and oxygen atoms in total. The molecule has 1 N–H and O–H groups in total. The van der Waals surface area contributed by atoms with E-state index in [0.717, 1.165) is 13.0 Å². The topological polar surface area (TPSA) is 47.6 Å². The van der Waals surface area contributed by atoms with Gasteiger partial charge in [0.25, 0.3) is 0 Å². The Labute approximate surface area is 84.4 Å². The predicted octanol–water partition coefficient (Wildman–Crippen LogP) is 0.348. The highest BCUT2D eigenvalue weighted by atomic mass is 35.5. The third-order valence-electron chi connectivity index (χ3n) is 2.17. The van der Waals surface area contributed by atoms with Gasteiger partial charge in [0, 0.05) is 7.11 Å². The average molecular weight is 210 g/mol. The molecule has 0 aromatic carbocycles. The van der Waals surface area contributed by atoms with E-state index in [9.17, 15) is 4.79 Å². The minimum absolute atomic E-state index is 0. The molecule has 0 bridgehead atoms. The van der Waals surface area contributed by atoms with E-state index in [1.165, 1.54) is 7.11 Å². The molecule has 0 saturated carbocycles. The molecular weight excluding hydrogens is 194 g/mol. The van der Waals surface area contributed by atoms with Crippen molar-refractivity contribution < 1.29 is 14.3 Å². The number of carbonyl (C=O) groups excluding carboxylic acids is 1. The molecule has 13 heavy (non-hydrogen) atoms. The van der Waals surface area contributed by atoms with Crippen molar-refractivity contribution in [3.8, 4) is 0 Å². The smallest absolute Gasteiger partial charge is 0.322 e. The minimum Gasteiger partial charge on any atom is -0.468 e. The lowest BCUT2D eigenvalue weighted by Crippen LogP contribution is -2.46. The van der Waals surface area contributed by atoms with Gasteiger partial charge in [-0.2, -0.15) is 0 Å². The average Bonchev–Trinajstić information content (AvgIpc) is 2.17. The van der Waals surface area contributed by atoms with Crippen LogP contribution in [0.5, 0.6) is 0 Å². The molecule has 5 heteroatoms. The largest absolute Gasteiger partial charge is 0.468 e. The lowest BCUT2D eigenvalue weighted by molar-refractivity contribution is -0.145. The van der Waals surface area contributed by atoms with Crippen molar-refractivity contribution in [1.82, 2.24) is 5.32 Å². The van der Waals surface area contributed by atoms with Gasteiger partial charge in [-0.25, -0.2) is 0 Å². The van der Waals surface area contributed by atoms with Gasteiger partial charge in [-0.3, -0.25) is 4.79 Å². The first kappa shape index (κ1) is 12.7. The number of methoxy groups -OCH3 is 2. The molecule has 0 radical (unpaired) electrons. The zero-order valence-electron chi connectivity index (χ0n) is 7.91. The number of hydrogen-bond acceptors (Lipinski definition) is 4. The van der Waals surface area contributed by atoms with E-state index < -0.39 is 0 Å².